The second kappa shape index (κ2) is 7.96. The van der Waals surface area contributed by atoms with Crippen LogP contribution < -0.4 is 10.1 Å². The van der Waals surface area contributed by atoms with Crippen molar-refractivity contribution in [3.63, 3.8) is 0 Å². The van der Waals surface area contributed by atoms with Gasteiger partial charge in [0.1, 0.15) is 11.4 Å². The SMILES string of the molecule is COc1ccccc1CNc1ccc(CCC(=O)O)cc1[N+](=O)[O-]. The summed E-state index contributed by atoms with van der Waals surface area (Å²) in [4.78, 5) is 21.4. The van der Waals surface area contributed by atoms with Crippen molar-refractivity contribution in [2.45, 2.75) is 19.4 Å². The number of nitrogens with zero attached hydrogens (tertiary/aromatic N) is 1. The first-order chi connectivity index (χ1) is 11.5. The Balaban J connectivity index is 2.17. The molecule has 2 aromatic rings. The molecule has 0 atom stereocenters. The maximum absolute atomic E-state index is 11.3. The second-order valence-electron chi connectivity index (χ2n) is 5.17. The Bertz CT molecular complexity index is 746. The Morgan fingerprint density at radius 3 is 2.71 bits per heavy atom. The summed E-state index contributed by atoms with van der Waals surface area (Å²) >= 11 is 0. The van der Waals surface area contributed by atoms with Gasteiger partial charge in [-0.25, -0.2) is 0 Å². The smallest absolute Gasteiger partial charge is 0.303 e. The Hall–Kier alpha value is -3.09. The Morgan fingerprint density at radius 2 is 2.04 bits per heavy atom. The number of rotatable bonds is 8. The van der Waals surface area contributed by atoms with E-state index in [1.807, 2.05) is 24.3 Å². The molecule has 0 unspecified atom stereocenters. The number of carboxylic acids is 1. The Morgan fingerprint density at radius 1 is 1.29 bits per heavy atom. The number of nitrogens with one attached hydrogen (secondary N) is 1. The van der Waals surface area contributed by atoms with Gasteiger partial charge in [-0.05, 0) is 24.1 Å². The molecule has 2 N–H and O–H groups in total. The first-order valence-corrected chi connectivity index (χ1v) is 7.36. The fourth-order valence-corrected chi connectivity index (χ4v) is 2.32. The van der Waals surface area contributed by atoms with E-state index in [0.717, 1.165) is 5.56 Å². The molecule has 0 aliphatic rings. The van der Waals surface area contributed by atoms with Gasteiger partial charge in [0.15, 0.2) is 0 Å². The summed E-state index contributed by atoms with van der Waals surface area (Å²) in [6.45, 7) is 0.374. The van der Waals surface area contributed by atoms with Crippen molar-refractivity contribution in [3.8, 4) is 5.75 Å². The van der Waals surface area contributed by atoms with E-state index in [1.165, 1.54) is 6.07 Å². The van der Waals surface area contributed by atoms with E-state index in [-0.39, 0.29) is 18.5 Å². The number of anilines is 1. The number of hydrogen-bond acceptors (Lipinski definition) is 5. The van der Waals surface area contributed by atoms with E-state index in [2.05, 4.69) is 5.32 Å². The van der Waals surface area contributed by atoms with Gasteiger partial charge in [0, 0.05) is 24.6 Å². The number of aryl methyl sites for hydroxylation is 1. The molecule has 0 heterocycles. The van der Waals surface area contributed by atoms with Crippen molar-refractivity contribution in [2.75, 3.05) is 12.4 Å². The number of nitro benzene ring substituents is 1. The monoisotopic (exact) mass is 330 g/mol. The average molecular weight is 330 g/mol. The molecule has 0 saturated heterocycles. The summed E-state index contributed by atoms with van der Waals surface area (Å²) < 4.78 is 5.26. The zero-order valence-corrected chi connectivity index (χ0v) is 13.2. The molecule has 7 heteroatoms. The topological polar surface area (TPSA) is 102 Å². The molecule has 0 fully saturated rings. The molecule has 126 valence electrons. The quantitative estimate of drug-likeness (QED) is 0.569. The van der Waals surface area contributed by atoms with Crippen LogP contribution in [0, 0.1) is 10.1 Å². The Labute approximate surface area is 139 Å². The van der Waals surface area contributed by atoms with Gasteiger partial charge in [0.2, 0.25) is 0 Å². The van der Waals surface area contributed by atoms with E-state index in [9.17, 15) is 14.9 Å². The maximum atomic E-state index is 11.3. The molecule has 0 radical (unpaired) electrons. The minimum atomic E-state index is -0.934. The van der Waals surface area contributed by atoms with E-state index >= 15 is 0 Å². The highest BCUT2D eigenvalue weighted by Gasteiger charge is 2.15. The molecule has 0 spiro atoms. The van der Waals surface area contributed by atoms with Gasteiger partial charge in [-0.3, -0.25) is 14.9 Å². The number of methoxy groups -OCH3 is 1. The fourth-order valence-electron chi connectivity index (χ4n) is 2.32. The van der Waals surface area contributed by atoms with Crippen LogP contribution in [0.1, 0.15) is 17.5 Å². The van der Waals surface area contributed by atoms with Gasteiger partial charge < -0.3 is 15.2 Å². The van der Waals surface area contributed by atoms with Crippen LogP contribution >= 0.6 is 0 Å². The number of ether oxygens (including phenoxy) is 1. The van der Waals surface area contributed by atoms with Crippen LogP contribution in [0.2, 0.25) is 0 Å². The van der Waals surface area contributed by atoms with Gasteiger partial charge in [0.25, 0.3) is 5.69 Å². The van der Waals surface area contributed by atoms with Crippen LogP contribution in [0.4, 0.5) is 11.4 Å². The number of carboxylic acid groups (broad SMARTS) is 1. The normalized spacial score (nSPS) is 10.2. The Kier molecular flexibility index (Phi) is 5.73. The molecule has 0 aliphatic heterocycles. The number of para-hydroxylation sites is 1. The van der Waals surface area contributed by atoms with Crippen molar-refractivity contribution in [3.05, 3.63) is 63.7 Å². The van der Waals surface area contributed by atoms with Crippen LogP contribution in [0.3, 0.4) is 0 Å². The van der Waals surface area contributed by atoms with Gasteiger partial charge in [0.05, 0.1) is 12.0 Å². The first kappa shape index (κ1) is 17.3. The third-order valence-corrected chi connectivity index (χ3v) is 3.55. The predicted octanol–water partition coefficient (Wildman–Crippen LogP) is 3.23. The van der Waals surface area contributed by atoms with Crippen molar-refractivity contribution in [1.29, 1.82) is 0 Å². The molecule has 24 heavy (non-hydrogen) atoms. The standard InChI is InChI=1S/C17H18N2O5/c1-24-16-5-3-2-4-13(16)11-18-14-8-6-12(7-9-17(20)21)10-15(14)19(22)23/h2-6,8,10,18H,7,9,11H2,1H3,(H,20,21). The molecule has 0 amide bonds. The summed E-state index contributed by atoms with van der Waals surface area (Å²) in [5.41, 5.74) is 1.80. The van der Waals surface area contributed by atoms with Crippen LogP contribution in [0.15, 0.2) is 42.5 Å². The van der Waals surface area contributed by atoms with Crippen LogP contribution in [-0.2, 0) is 17.8 Å². The minimum absolute atomic E-state index is 0.0643. The van der Waals surface area contributed by atoms with Crippen molar-refractivity contribution in [1.82, 2.24) is 0 Å². The lowest BCUT2D eigenvalue weighted by Gasteiger charge is -2.11. The lowest BCUT2D eigenvalue weighted by Crippen LogP contribution is -2.05. The molecular formula is C17H18N2O5. The van der Waals surface area contributed by atoms with E-state index in [4.69, 9.17) is 9.84 Å². The highest BCUT2D eigenvalue weighted by atomic mass is 16.6. The van der Waals surface area contributed by atoms with E-state index in [1.54, 1.807) is 19.2 Å². The minimum Gasteiger partial charge on any atom is -0.496 e. The lowest BCUT2D eigenvalue weighted by molar-refractivity contribution is -0.384. The molecule has 0 aromatic heterocycles. The average Bonchev–Trinajstić information content (AvgIpc) is 2.58. The van der Waals surface area contributed by atoms with Crippen LogP contribution in [0.5, 0.6) is 5.75 Å². The molecule has 2 rings (SSSR count). The van der Waals surface area contributed by atoms with Gasteiger partial charge >= 0.3 is 5.97 Å². The molecule has 2 aromatic carbocycles. The number of nitro groups is 1. The first-order valence-electron chi connectivity index (χ1n) is 7.36. The highest BCUT2D eigenvalue weighted by Crippen LogP contribution is 2.27. The number of benzene rings is 2. The van der Waals surface area contributed by atoms with Crippen LogP contribution in [-0.4, -0.2) is 23.1 Å². The fraction of sp³-hybridized carbons (Fsp3) is 0.235. The molecule has 7 nitrogen and oxygen atoms in total. The molecule has 0 aliphatic carbocycles. The summed E-state index contributed by atoms with van der Waals surface area (Å²) in [6, 6.07) is 12.1. The van der Waals surface area contributed by atoms with E-state index < -0.39 is 10.9 Å². The number of aliphatic carboxylic acids is 1. The van der Waals surface area contributed by atoms with Crippen molar-refractivity contribution < 1.29 is 19.6 Å². The van der Waals surface area contributed by atoms with Crippen molar-refractivity contribution >= 4 is 17.3 Å². The highest BCUT2D eigenvalue weighted by molar-refractivity contribution is 5.68. The summed E-state index contributed by atoms with van der Waals surface area (Å²) in [5.74, 6) is -0.234. The zero-order chi connectivity index (χ0) is 17.5. The third-order valence-electron chi connectivity index (χ3n) is 3.55. The van der Waals surface area contributed by atoms with Gasteiger partial charge in [-0.2, -0.15) is 0 Å². The zero-order valence-electron chi connectivity index (χ0n) is 13.2. The number of hydrogen-bond donors (Lipinski definition) is 2. The second-order valence-corrected chi connectivity index (χ2v) is 5.17. The van der Waals surface area contributed by atoms with Crippen LogP contribution in [0.25, 0.3) is 0 Å². The van der Waals surface area contributed by atoms with Gasteiger partial charge in [-0.15, -0.1) is 0 Å². The molecule has 0 bridgehead atoms. The summed E-state index contributed by atoms with van der Waals surface area (Å²) in [5, 5.41) is 23.0. The predicted molar refractivity (Wildman–Crippen MR) is 89.4 cm³/mol. The third kappa shape index (κ3) is 4.45. The molecule has 0 saturated carbocycles. The lowest BCUT2D eigenvalue weighted by atomic mass is 10.1. The summed E-state index contributed by atoms with van der Waals surface area (Å²) in [6.07, 6.45) is 0.189. The summed E-state index contributed by atoms with van der Waals surface area (Å²) in [7, 11) is 1.57. The van der Waals surface area contributed by atoms with Crippen molar-refractivity contribution in [2.24, 2.45) is 0 Å². The van der Waals surface area contributed by atoms with Gasteiger partial charge in [-0.1, -0.05) is 24.3 Å². The number of carbonyl (C=O) groups is 1. The van der Waals surface area contributed by atoms with E-state index in [0.29, 0.717) is 23.5 Å². The molecular weight excluding hydrogens is 312 g/mol. The largest absolute Gasteiger partial charge is 0.496 e. The maximum Gasteiger partial charge on any atom is 0.303 e.